The molecular formula is C20H23N3. The third-order valence-electron chi connectivity index (χ3n) is 5.08. The molecule has 2 heterocycles. The summed E-state index contributed by atoms with van der Waals surface area (Å²) in [6.07, 6.45) is 1.14. The molecule has 0 aliphatic carbocycles. The minimum absolute atomic E-state index is 0.913. The van der Waals surface area contributed by atoms with E-state index in [2.05, 4.69) is 78.8 Å². The van der Waals surface area contributed by atoms with E-state index in [0.717, 1.165) is 25.2 Å². The smallest absolute Gasteiger partial charge is 0.0488 e. The van der Waals surface area contributed by atoms with Gasteiger partial charge in [0.2, 0.25) is 0 Å². The van der Waals surface area contributed by atoms with E-state index in [1.807, 2.05) is 0 Å². The summed E-state index contributed by atoms with van der Waals surface area (Å²) in [4.78, 5) is 6.81. The predicted octanol–water partition coefficient (Wildman–Crippen LogP) is 3.74. The summed E-state index contributed by atoms with van der Waals surface area (Å²) in [5.41, 5.74) is 9.03. The predicted molar refractivity (Wildman–Crippen MR) is 99.4 cm³/mol. The highest BCUT2D eigenvalue weighted by atomic mass is 15.2. The standard InChI is InChI=1S/C20H23N3/c1-14-19-12-17(21(2)3)6-5-16(19)13-23(14)18-7-8-20-15(11-18)9-10-22(20)4/h5-8,11-12H,1,9-10,13H2,2-4H3. The van der Waals surface area contributed by atoms with Crippen LogP contribution in [0.4, 0.5) is 17.1 Å². The second kappa shape index (κ2) is 5.05. The zero-order valence-electron chi connectivity index (χ0n) is 14.1. The van der Waals surface area contributed by atoms with Crippen LogP contribution in [0.5, 0.6) is 0 Å². The molecule has 0 saturated heterocycles. The van der Waals surface area contributed by atoms with Crippen LogP contribution in [0.15, 0.2) is 43.0 Å². The number of anilines is 3. The third-order valence-corrected chi connectivity index (χ3v) is 5.08. The van der Waals surface area contributed by atoms with Gasteiger partial charge in [-0.25, -0.2) is 0 Å². The molecule has 2 aromatic carbocycles. The average Bonchev–Trinajstić information content (AvgIpc) is 3.08. The number of fused-ring (bicyclic) bond motifs is 2. The maximum atomic E-state index is 4.36. The summed E-state index contributed by atoms with van der Waals surface area (Å²) < 4.78 is 0. The van der Waals surface area contributed by atoms with Crippen molar-refractivity contribution in [3.05, 3.63) is 59.7 Å². The first-order chi connectivity index (χ1) is 11.0. The molecule has 2 aromatic rings. The van der Waals surface area contributed by atoms with Gasteiger partial charge in [-0.15, -0.1) is 0 Å². The Hall–Kier alpha value is -2.42. The van der Waals surface area contributed by atoms with Gasteiger partial charge >= 0.3 is 0 Å². The molecule has 0 unspecified atom stereocenters. The van der Waals surface area contributed by atoms with Crippen molar-refractivity contribution >= 4 is 22.8 Å². The molecule has 0 saturated carbocycles. The molecule has 4 rings (SSSR count). The third kappa shape index (κ3) is 2.19. The van der Waals surface area contributed by atoms with Gasteiger partial charge in [0.25, 0.3) is 0 Å². The van der Waals surface area contributed by atoms with Crippen molar-refractivity contribution in [2.45, 2.75) is 13.0 Å². The number of hydrogen-bond acceptors (Lipinski definition) is 3. The first kappa shape index (κ1) is 14.2. The van der Waals surface area contributed by atoms with E-state index in [9.17, 15) is 0 Å². The lowest BCUT2D eigenvalue weighted by Crippen LogP contribution is -2.14. The van der Waals surface area contributed by atoms with Crippen molar-refractivity contribution in [1.82, 2.24) is 0 Å². The molecule has 2 aliphatic rings. The lowest BCUT2D eigenvalue weighted by molar-refractivity contribution is 0.955. The first-order valence-electron chi connectivity index (χ1n) is 8.16. The summed E-state index contributed by atoms with van der Waals surface area (Å²) in [7, 11) is 6.32. The Morgan fingerprint density at radius 1 is 1.04 bits per heavy atom. The molecule has 23 heavy (non-hydrogen) atoms. The highest BCUT2D eigenvalue weighted by Gasteiger charge is 2.25. The second-order valence-corrected chi connectivity index (χ2v) is 6.75. The Bertz CT molecular complexity index is 791. The van der Waals surface area contributed by atoms with Crippen molar-refractivity contribution in [3.63, 3.8) is 0 Å². The summed E-state index contributed by atoms with van der Waals surface area (Å²) in [5.74, 6) is 0. The molecule has 0 bridgehead atoms. The topological polar surface area (TPSA) is 9.72 Å². The van der Waals surface area contributed by atoms with Crippen LogP contribution < -0.4 is 14.7 Å². The minimum Gasteiger partial charge on any atom is -0.378 e. The summed E-state index contributed by atoms with van der Waals surface area (Å²) in [6.45, 7) is 6.39. The Morgan fingerprint density at radius 2 is 1.87 bits per heavy atom. The molecule has 0 radical (unpaired) electrons. The van der Waals surface area contributed by atoms with Gasteiger partial charge in [-0.1, -0.05) is 12.6 Å². The van der Waals surface area contributed by atoms with Crippen LogP contribution in [0, 0.1) is 0 Å². The maximum Gasteiger partial charge on any atom is 0.0488 e. The molecule has 3 nitrogen and oxygen atoms in total. The molecule has 0 amide bonds. The lowest BCUT2D eigenvalue weighted by atomic mass is 10.1. The minimum atomic E-state index is 0.913. The second-order valence-electron chi connectivity index (χ2n) is 6.75. The van der Waals surface area contributed by atoms with Crippen molar-refractivity contribution in [2.75, 3.05) is 42.4 Å². The molecule has 118 valence electrons. The van der Waals surface area contributed by atoms with E-state index < -0.39 is 0 Å². The monoisotopic (exact) mass is 305 g/mol. The van der Waals surface area contributed by atoms with Crippen LogP contribution in [-0.4, -0.2) is 27.7 Å². The Morgan fingerprint density at radius 3 is 2.65 bits per heavy atom. The molecule has 0 atom stereocenters. The van der Waals surface area contributed by atoms with Gasteiger partial charge < -0.3 is 14.7 Å². The molecule has 3 heteroatoms. The van der Waals surface area contributed by atoms with E-state index in [0.29, 0.717) is 0 Å². The van der Waals surface area contributed by atoms with Gasteiger partial charge in [-0.3, -0.25) is 0 Å². The van der Waals surface area contributed by atoms with Gasteiger partial charge in [-0.05, 0) is 47.9 Å². The van der Waals surface area contributed by atoms with Crippen LogP contribution >= 0.6 is 0 Å². The SMILES string of the molecule is C=C1c2cc(N(C)C)ccc2CN1c1ccc2c(c1)CCN2C. The number of hydrogen-bond donors (Lipinski definition) is 0. The fourth-order valence-corrected chi connectivity index (χ4v) is 3.63. The van der Waals surface area contributed by atoms with Gasteiger partial charge in [0, 0.05) is 62.6 Å². The number of likely N-dealkylation sites (N-methyl/N-ethyl adjacent to an activating group) is 1. The lowest BCUT2D eigenvalue weighted by Gasteiger charge is -2.21. The summed E-state index contributed by atoms with van der Waals surface area (Å²) in [5, 5.41) is 0. The zero-order chi connectivity index (χ0) is 16.1. The van der Waals surface area contributed by atoms with Gasteiger partial charge in [0.05, 0.1) is 0 Å². The Kier molecular flexibility index (Phi) is 3.12. The number of nitrogens with zero attached hydrogens (tertiary/aromatic N) is 3. The van der Waals surface area contributed by atoms with E-state index >= 15 is 0 Å². The van der Waals surface area contributed by atoms with E-state index in [4.69, 9.17) is 0 Å². The normalized spacial score (nSPS) is 15.9. The van der Waals surface area contributed by atoms with Crippen LogP contribution in [0.1, 0.15) is 16.7 Å². The highest BCUT2D eigenvalue weighted by Crippen LogP contribution is 2.39. The quantitative estimate of drug-likeness (QED) is 0.837. The van der Waals surface area contributed by atoms with Gasteiger partial charge in [0.1, 0.15) is 0 Å². The fraction of sp³-hybridized carbons (Fsp3) is 0.300. The Labute approximate surface area is 138 Å². The fourth-order valence-electron chi connectivity index (χ4n) is 3.63. The Balaban J connectivity index is 1.68. The van der Waals surface area contributed by atoms with Crippen LogP contribution in [0.3, 0.4) is 0 Å². The van der Waals surface area contributed by atoms with E-state index in [1.165, 1.54) is 33.8 Å². The molecule has 2 aliphatic heterocycles. The molecule has 0 N–H and O–H groups in total. The molecule has 0 aromatic heterocycles. The summed E-state index contributed by atoms with van der Waals surface area (Å²) >= 11 is 0. The number of rotatable bonds is 2. The molecule has 0 spiro atoms. The summed E-state index contributed by atoms with van der Waals surface area (Å²) in [6, 6.07) is 13.5. The maximum absolute atomic E-state index is 4.36. The van der Waals surface area contributed by atoms with Crippen molar-refractivity contribution in [1.29, 1.82) is 0 Å². The first-order valence-corrected chi connectivity index (χ1v) is 8.16. The highest BCUT2D eigenvalue weighted by molar-refractivity contribution is 5.86. The van der Waals surface area contributed by atoms with Crippen LogP contribution in [0.2, 0.25) is 0 Å². The zero-order valence-corrected chi connectivity index (χ0v) is 14.1. The average molecular weight is 305 g/mol. The molecular weight excluding hydrogens is 282 g/mol. The van der Waals surface area contributed by atoms with E-state index in [1.54, 1.807) is 0 Å². The van der Waals surface area contributed by atoms with Crippen molar-refractivity contribution in [2.24, 2.45) is 0 Å². The van der Waals surface area contributed by atoms with Gasteiger partial charge in [-0.2, -0.15) is 0 Å². The van der Waals surface area contributed by atoms with Gasteiger partial charge in [0.15, 0.2) is 0 Å². The van der Waals surface area contributed by atoms with Crippen molar-refractivity contribution < 1.29 is 0 Å². The van der Waals surface area contributed by atoms with Crippen LogP contribution in [0.25, 0.3) is 5.70 Å². The van der Waals surface area contributed by atoms with Crippen LogP contribution in [-0.2, 0) is 13.0 Å². The molecule has 0 fully saturated rings. The largest absolute Gasteiger partial charge is 0.378 e. The van der Waals surface area contributed by atoms with Crippen molar-refractivity contribution in [3.8, 4) is 0 Å². The van der Waals surface area contributed by atoms with E-state index in [-0.39, 0.29) is 0 Å². The number of benzene rings is 2.